The molecule has 158 valence electrons. The molecule has 0 aliphatic carbocycles. The molecular weight excluding hydrogens is 388 g/mol. The number of benzene rings is 2. The Kier molecular flexibility index (Phi) is 5.98. The third-order valence-corrected chi connectivity index (χ3v) is 5.06. The van der Waals surface area contributed by atoms with Gasteiger partial charge in [0.05, 0.1) is 13.0 Å². The number of rotatable bonds is 7. The van der Waals surface area contributed by atoms with Gasteiger partial charge in [0.1, 0.15) is 0 Å². The smallest absolute Gasteiger partial charge is 0.326 e. The zero-order chi connectivity index (χ0) is 21.8. The Hall–Kier alpha value is -3.67. The predicted octanol–water partition coefficient (Wildman–Crippen LogP) is 3.92. The van der Waals surface area contributed by atoms with Gasteiger partial charge in [-0.1, -0.05) is 56.3 Å². The van der Waals surface area contributed by atoms with Crippen molar-refractivity contribution < 1.29 is 4.79 Å². The van der Waals surface area contributed by atoms with E-state index < -0.39 is 0 Å². The summed E-state index contributed by atoms with van der Waals surface area (Å²) < 4.78 is 2.94. The third-order valence-electron chi connectivity index (χ3n) is 5.06. The predicted molar refractivity (Wildman–Crippen MR) is 122 cm³/mol. The first-order valence-electron chi connectivity index (χ1n) is 10.5. The van der Waals surface area contributed by atoms with Crippen molar-refractivity contribution >= 4 is 17.2 Å². The van der Waals surface area contributed by atoms with Crippen molar-refractivity contribution in [3.05, 3.63) is 100 Å². The molecule has 6 nitrogen and oxygen atoms in total. The van der Waals surface area contributed by atoms with Crippen LogP contribution in [0.25, 0.3) is 5.65 Å². The van der Waals surface area contributed by atoms with Crippen molar-refractivity contribution in [2.75, 3.05) is 5.32 Å². The highest BCUT2D eigenvalue weighted by Crippen LogP contribution is 2.14. The molecule has 6 heteroatoms. The molecule has 0 saturated carbocycles. The number of anilines is 1. The minimum absolute atomic E-state index is 0.0707. The van der Waals surface area contributed by atoms with E-state index in [0.717, 1.165) is 17.5 Å². The summed E-state index contributed by atoms with van der Waals surface area (Å²) in [5, 5.41) is 7.31. The first-order chi connectivity index (χ1) is 15.0. The summed E-state index contributed by atoms with van der Waals surface area (Å²) in [4.78, 5) is 25.0. The molecule has 2 aromatic carbocycles. The highest BCUT2D eigenvalue weighted by Gasteiger charge is 2.09. The van der Waals surface area contributed by atoms with Crippen LogP contribution in [0.5, 0.6) is 0 Å². The van der Waals surface area contributed by atoms with Crippen molar-refractivity contribution in [3.8, 4) is 0 Å². The first kappa shape index (κ1) is 20.6. The minimum atomic E-state index is -0.189. The summed E-state index contributed by atoms with van der Waals surface area (Å²) >= 11 is 0. The van der Waals surface area contributed by atoms with Crippen LogP contribution in [0.3, 0.4) is 0 Å². The Morgan fingerprint density at radius 3 is 2.48 bits per heavy atom. The van der Waals surface area contributed by atoms with Gasteiger partial charge >= 0.3 is 5.69 Å². The molecule has 31 heavy (non-hydrogen) atoms. The van der Waals surface area contributed by atoms with E-state index in [2.05, 4.69) is 36.4 Å². The van der Waals surface area contributed by atoms with Crippen LogP contribution in [-0.4, -0.2) is 20.1 Å². The number of fused-ring (bicyclic) bond motifs is 1. The molecule has 0 aliphatic heterocycles. The Bertz CT molecular complexity index is 1250. The average molecular weight is 415 g/mol. The summed E-state index contributed by atoms with van der Waals surface area (Å²) in [5.41, 5.74) is 4.28. The molecule has 1 amide bonds. The normalized spacial score (nSPS) is 11.2. The van der Waals surface area contributed by atoms with Gasteiger partial charge in [0.2, 0.25) is 5.91 Å². The number of aromatic nitrogens is 3. The fourth-order valence-corrected chi connectivity index (χ4v) is 3.65. The summed E-state index contributed by atoms with van der Waals surface area (Å²) in [6.07, 6.45) is 3.06. The fourth-order valence-electron chi connectivity index (χ4n) is 3.65. The number of amides is 1. The lowest BCUT2D eigenvalue weighted by molar-refractivity contribution is -0.115. The number of hydrogen-bond acceptors (Lipinski definition) is 3. The van der Waals surface area contributed by atoms with Gasteiger partial charge in [-0.2, -0.15) is 0 Å². The lowest BCUT2D eigenvalue weighted by Gasteiger charge is -2.09. The molecule has 0 aliphatic rings. The molecule has 0 atom stereocenters. The third kappa shape index (κ3) is 5.09. The Labute approximate surface area is 181 Å². The van der Waals surface area contributed by atoms with Crippen LogP contribution in [0.1, 0.15) is 30.5 Å². The SMILES string of the molecule is CC(C)Cc1ccc(CC(=O)Nc2cccc(Cn3nc4ccccn4c3=O)c2)cc1. The zero-order valence-corrected chi connectivity index (χ0v) is 17.8. The zero-order valence-electron chi connectivity index (χ0n) is 17.8. The van der Waals surface area contributed by atoms with Crippen LogP contribution in [0.4, 0.5) is 5.69 Å². The van der Waals surface area contributed by atoms with E-state index in [1.54, 1.807) is 18.3 Å². The van der Waals surface area contributed by atoms with E-state index in [1.165, 1.54) is 14.6 Å². The Morgan fingerprint density at radius 1 is 0.968 bits per heavy atom. The van der Waals surface area contributed by atoms with Crippen molar-refractivity contribution in [3.63, 3.8) is 0 Å². The van der Waals surface area contributed by atoms with Crippen molar-refractivity contribution in [2.24, 2.45) is 5.92 Å². The topological polar surface area (TPSA) is 68.4 Å². The van der Waals surface area contributed by atoms with Crippen molar-refractivity contribution in [1.29, 1.82) is 0 Å². The quantitative estimate of drug-likeness (QED) is 0.498. The second-order valence-electron chi connectivity index (χ2n) is 8.21. The minimum Gasteiger partial charge on any atom is -0.326 e. The number of nitrogens with one attached hydrogen (secondary N) is 1. The molecule has 4 aromatic rings. The standard InChI is InChI=1S/C25H26N4O2/c1-18(2)14-19-9-11-20(12-10-19)16-24(30)26-22-7-5-6-21(15-22)17-29-25(31)28-13-4-3-8-23(28)27-29/h3-13,15,18H,14,16-17H2,1-2H3,(H,26,30). The number of nitrogens with zero attached hydrogens (tertiary/aromatic N) is 3. The van der Waals surface area contributed by atoms with Gasteiger partial charge in [-0.05, 0) is 53.3 Å². The second kappa shape index (κ2) is 9.00. The molecule has 2 aromatic heterocycles. The summed E-state index contributed by atoms with van der Waals surface area (Å²) in [6.45, 7) is 4.73. The van der Waals surface area contributed by atoms with E-state index in [-0.39, 0.29) is 11.6 Å². The van der Waals surface area contributed by atoms with E-state index >= 15 is 0 Å². The van der Waals surface area contributed by atoms with E-state index in [9.17, 15) is 9.59 Å². The lowest BCUT2D eigenvalue weighted by atomic mass is 10.0. The van der Waals surface area contributed by atoms with Gasteiger partial charge in [-0.3, -0.25) is 9.20 Å². The van der Waals surface area contributed by atoms with Crippen LogP contribution in [-0.2, 0) is 24.2 Å². The van der Waals surface area contributed by atoms with Crippen molar-refractivity contribution in [1.82, 2.24) is 14.2 Å². The van der Waals surface area contributed by atoms with Crippen LogP contribution in [0.15, 0.2) is 77.7 Å². The van der Waals surface area contributed by atoms with Crippen LogP contribution < -0.4 is 11.0 Å². The molecule has 1 N–H and O–H groups in total. The maximum Gasteiger partial charge on any atom is 0.350 e. The highest BCUT2D eigenvalue weighted by molar-refractivity contribution is 5.92. The highest BCUT2D eigenvalue weighted by atomic mass is 16.2. The van der Waals surface area contributed by atoms with Gasteiger partial charge in [0.25, 0.3) is 0 Å². The van der Waals surface area contributed by atoms with Crippen molar-refractivity contribution in [2.45, 2.75) is 33.2 Å². The van der Waals surface area contributed by atoms with Gasteiger partial charge < -0.3 is 5.32 Å². The molecule has 0 spiro atoms. The summed E-state index contributed by atoms with van der Waals surface area (Å²) in [5.74, 6) is 0.538. The number of hydrogen-bond donors (Lipinski definition) is 1. The molecular formula is C25H26N4O2. The monoisotopic (exact) mass is 414 g/mol. The lowest BCUT2D eigenvalue weighted by Crippen LogP contribution is -2.21. The van der Waals surface area contributed by atoms with E-state index in [0.29, 0.717) is 30.2 Å². The molecule has 0 bridgehead atoms. The Balaban J connectivity index is 1.41. The number of pyridine rings is 1. The van der Waals surface area contributed by atoms with Crippen LogP contribution in [0, 0.1) is 5.92 Å². The maximum atomic E-state index is 12.5. The Morgan fingerprint density at radius 2 is 1.74 bits per heavy atom. The summed E-state index contributed by atoms with van der Waals surface area (Å²) in [6, 6.07) is 21.2. The van der Waals surface area contributed by atoms with Gasteiger partial charge in [0.15, 0.2) is 5.65 Å². The molecule has 0 fully saturated rings. The maximum absolute atomic E-state index is 12.5. The number of carbonyl (C=O) groups excluding carboxylic acids is 1. The van der Waals surface area contributed by atoms with Gasteiger partial charge in [-0.15, -0.1) is 5.10 Å². The van der Waals surface area contributed by atoms with Gasteiger partial charge in [0, 0.05) is 11.9 Å². The van der Waals surface area contributed by atoms with Crippen LogP contribution >= 0.6 is 0 Å². The van der Waals surface area contributed by atoms with Crippen LogP contribution in [0.2, 0.25) is 0 Å². The first-order valence-corrected chi connectivity index (χ1v) is 10.5. The largest absolute Gasteiger partial charge is 0.350 e. The number of carbonyl (C=O) groups is 1. The molecule has 2 heterocycles. The second-order valence-corrected chi connectivity index (χ2v) is 8.21. The van der Waals surface area contributed by atoms with E-state index in [1.807, 2.05) is 42.5 Å². The molecule has 4 rings (SSSR count). The average Bonchev–Trinajstić information content (AvgIpc) is 3.05. The molecule has 0 saturated heterocycles. The van der Waals surface area contributed by atoms with E-state index in [4.69, 9.17) is 0 Å². The summed E-state index contributed by atoms with van der Waals surface area (Å²) in [7, 11) is 0. The molecule has 0 unspecified atom stereocenters. The fraction of sp³-hybridized carbons (Fsp3) is 0.240. The van der Waals surface area contributed by atoms with Gasteiger partial charge in [-0.25, -0.2) is 9.48 Å². The molecule has 0 radical (unpaired) electrons.